The Labute approximate surface area is 103 Å². The minimum absolute atomic E-state index is 0.474. The highest BCUT2D eigenvalue weighted by molar-refractivity contribution is 7.99. The molecule has 1 heterocycles. The molecule has 0 amide bonds. The molecule has 2 aromatic carbocycles. The molecular formula is C12H9BO3S. The number of hydrogen-bond donors (Lipinski definition) is 2. The molecule has 17 heavy (non-hydrogen) atoms. The lowest BCUT2D eigenvalue weighted by Crippen LogP contribution is -2.32. The van der Waals surface area contributed by atoms with Crippen molar-refractivity contribution < 1.29 is 14.8 Å². The Balaban J connectivity index is 2.12. The Hall–Kier alpha value is -1.43. The van der Waals surface area contributed by atoms with E-state index in [9.17, 15) is 10.0 Å². The molecule has 0 atom stereocenters. The molecule has 1 aliphatic rings. The Morgan fingerprint density at radius 1 is 0.941 bits per heavy atom. The molecule has 0 radical (unpaired) electrons. The molecule has 0 fully saturated rings. The topological polar surface area (TPSA) is 49.7 Å². The second-order valence-corrected chi connectivity index (χ2v) is 4.75. The van der Waals surface area contributed by atoms with Crippen molar-refractivity contribution in [3.8, 4) is 11.5 Å². The van der Waals surface area contributed by atoms with Gasteiger partial charge in [-0.3, -0.25) is 0 Å². The van der Waals surface area contributed by atoms with Crippen molar-refractivity contribution in [3.05, 3.63) is 42.5 Å². The smallest absolute Gasteiger partial charge is 0.455 e. The van der Waals surface area contributed by atoms with Crippen molar-refractivity contribution in [1.82, 2.24) is 0 Å². The van der Waals surface area contributed by atoms with Crippen LogP contribution in [0.25, 0.3) is 0 Å². The molecule has 0 bridgehead atoms. The molecule has 3 rings (SSSR count). The van der Waals surface area contributed by atoms with Gasteiger partial charge in [0.25, 0.3) is 0 Å². The summed E-state index contributed by atoms with van der Waals surface area (Å²) in [6, 6.07) is 12.9. The summed E-state index contributed by atoms with van der Waals surface area (Å²) >= 11 is 1.49. The summed E-state index contributed by atoms with van der Waals surface area (Å²) in [6.45, 7) is 0. The third-order valence-corrected chi connectivity index (χ3v) is 3.77. The molecule has 3 nitrogen and oxygen atoms in total. The maximum Gasteiger partial charge on any atom is 0.489 e. The highest BCUT2D eigenvalue weighted by atomic mass is 32.2. The van der Waals surface area contributed by atoms with Crippen LogP contribution in [0.3, 0.4) is 0 Å². The predicted octanol–water partition coefficient (Wildman–Crippen LogP) is 1.62. The highest BCUT2D eigenvalue weighted by Crippen LogP contribution is 2.45. The maximum absolute atomic E-state index is 9.31. The fraction of sp³-hybridized carbons (Fsp3) is 0. The molecular weight excluding hydrogens is 235 g/mol. The van der Waals surface area contributed by atoms with E-state index >= 15 is 0 Å². The van der Waals surface area contributed by atoms with Gasteiger partial charge in [-0.2, -0.15) is 0 Å². The Bertz CT molecular complexity index is 571. The second kappa shape index (κ2) is 4.11. The molecule has 0 aromatic heterocycles. The quantitative estimate of drug-likeness (QED) is 0.638. The zero-order chi connectivity index (χ0) is 11.8. The molecule has 1 aliphatic heterocycles. The first-order chi connectivity index (χ1) is 8.25. The minimum atomic E-state index is -1.48. The van der Waals surface area contributed by atoms with Gasteiger partial charge in [0.05, 0.1) is 9.79 Å². The van der Waals surface area contributed by atoms with E-state index < -0.39 is 7.12 Å². The van der Waals surface area contributed by atoms with Crippen LogP contribution < -0.4 is 10.2 Å². The molecule has 5 heteroatoms. The lowest BCUT2D eigenvalue weighted by atomic mass is 9.80. The van der Waals surface area contributed by atoms with Crippen LogP contribution in [0.5, 0.6) is 11.5 Å². The first-order valence-electron chi connectivity index (χ1n) is 5.19. The second-order valence-electron chi connectivity index (χ2n) is 3.70. The fourth-order valence-electron chi connectivity index (χ4n) is 1.77. The van der Waals surface area contributed by atoms with Gasteiger partial charge in [0.2, 0.25) is 0 Å². The molecule has 0 spiro atoms. The third-order valence-electron chi connectivity index (χ3n) is 2.57. The van der Waals surface area contributed by atoms with Crippen LogP contribution in [0.1, 0.15) is 0 Å². The van der Waals surface area contributed by atoms with E-state index in [-0.39, 0.29) is 0 Å². The standard InChI is InChI=1S/C12H9BO3S/c14-13(15)8-4-3-6-10-12(8)17-11-7-2-1-5-9(11)16-10/h1-7,14-15H. The molecule has 2 N–H and O–H groups in total. The van der Waals surface area contributed by atoms with Gasteiger partial charge in [0, 0.05) is 0 Å². The summed E-state index contributed by atoms with van der Waals surface area (Å²) in [5, 5.41) is 18.6. The molecule has 0 saturated carbocycles. The number of benzene rings is 2. The van der Waals surface area contributed by atoms with Gasteiger partial charge in [-0.25, -0.2) is 0 Å². The molecule has 0 aliphatic carbocycles. The summed E-state index contributed by atoms with van der Waals surface area (Å²) in [6.07, 6.45) is 0. The lowest BCUT2D eigenvalue weighted by molar-refractivity contribution is 0.421. The van der Waals surface area contributed by atoms with Crippen LogP contribution in [0, 0.1) is 0 Å². The van der Waals surface area contributed by atoms with E-state index in [1.54, 1.807) is 12.1 Å². The largest absolute Gasteiger partial charge is 0.489 e. The number of para-hydroxylation sites is 1. The molecule has 2 aromatic rings. The Morgan fingerprint density at radius 2 is 1.71 bits per heavy atom. The monoisotopic (exact) mass is 244 g/mol. The average molecular weight is 244 g/mol. The van der Waals surface area contributed by atoms with Gasteiger partial charge in [0.15, 0.2) is 0 Å². The van der Waals surface area contributed by atoms with Crippen LogP contribution in [0.2, 0.25) is 0 Å². The van der Waals surface area contributed by atoms with E-state index in [2.05, 4.69) is 0 Å². The Morgan fingerprint density at radius 3 is 2.53 bits per heavy atom. The van der Waals surface area contributed by atoms with E-state index in [0.29, 0.717) is 11.2 Å². The van der Waals surface area contributed by atoms with Gasteiger partial charge >= 0.3 is 7.12 Å². The van der Waals surface area contributed by atoms with Gasteiger partial charge in [-0.15, -0.1) is 0 Å². The van der Waals surface area contributed by atoms with Crippen LogP contribution >= 0.6 is 11.8 Å². The third kappa shape index (κ3) is 1.82. The lowest BCUT2D eigenvalue weighted by Gasteiger charge is -2.21. The van der Waals surface area contributed by atoms with Crippen LogP contribution in [-0.2, 0) is 0 Å². The zero-order valence-corrected chi connectivity index (χ0v) is 9.65. The number of rotatable bonds is 1. The van der Waals surface area contributed by atoms with Gasteiger partial charge in [0.1, 0.15) is 11.5 Å². The van der Waals surface area contributed by atoms with Crippen molar-refractivity contribution in [2.75, 3.05) is 0 Å². The van der Waals surface area contributed by atoms with Crippen molar-refractivity contribution in [3.63, 3.8) is 0 Å². The van der Waals surface area contributed by atoms with Crippen LogP contribution in [0.15, 0.2) is 52.3 Å². The van der Waals surface area contributed by atoms with Crippen molar-refractivity contribution in [2.24, 2.45) is 0 Å². The van der Waals surface area contributed by atoms with E-state index in [4.69, 9.17) is 4.74 Å². The predicted molar refractivity (Wildman–Crippen MR) is 66.9 cm³/mol. The van der Waals surface area contributed by atoms with Gasteiger partial charge < -0.3 is 14.8 Å². The Kier molecular flexibility index (Phi) is 2.59. The van der Waals surface area contributed by atoms with Gasteiger partial charge in [-0.05, 0) is 23.7 Å². The zero-order valence-electron chi connectivity index (χ0n) is 8.83. The maximum atomic E-state index is 9.31. The minimum Gasteiger partial charge on any atom is -0.455 e. The average Bonchev–Trinajstić information content (AvgIpc) is 2.35. The summed E-state index contributed by atoms with van der Waals surface area (Å²) < 4.78 is 5.73. The summed E-state index contributed by atoms with van der Waals surface area (Å²) in [5.41, 5.74) is 0.474. The van der Waals surface area contributed by atoms with E-state index in [1.807, 2.05) is 30.3 Å². The van der Waals surface area contributed by atoms with Crippen LogP contribution in [0.4, 0.5) is 0 Å². The first-order valence-corrected chi connectivity index (χ1v) is 6.01. The summed E-state index contributed by atoms with van der Waals surface area (Å²) in [4.78, 5) is 1.74. The molecule has 0 saturated heterocycles. The number of hydrogen-bond acceptors (Lipinski definition) is 4. The van der Waals surface area contributed by atoms with Crippen molar-refractivity contribution >= 4 is 24.3 Å². The molecule has 84 valence electrons. The normalized spacial score (nSPS) is 12.4. The molecule has 0 unspecified atom stereocenters. The SMILES string of the molecule is OB(O)c1cccc2c1Sc1ccccc1O2. The van der Waals surface area contributed by atoms with Gasteiger partial charge in [-0.1, -0.05) is 36.0 Å². The van der Waals surface area contributed by atoms with E-state index in [1.165, 1.54) is 11.8 Å². The first kappa shape index (κ1) is 10.7. The fourth-order valence-corrected chi connectivity index (χ4v) is 2.85. The number of fused-ring (bicyclic) bond motifs is 2. The van der Waals surface area contributed by atoms with E-state index in [0.717, 1.165) is 15.5 Å². The van der Waals surface area contributed by atoms with Crippen LogP contribution in [-0.4, -0.2) is 17.2 Å². The van der Waals surface area contributed by atoms with Crippen molar-refractivity contribution in [1.29, 1.82) is 0 Å². The summed E-state index contributed by atoms with van der Waals surface area (Å²) in [7, 11) is -1.48. The van der Waals surface area contributed by atoms with Crippen molar-refractivity contribution in [2.45, 2.75) is 9.79 Å². The number of ether oxygens (including phenoxy) is 1. The highest BCUT2D eigenvalue weighted by Gasteiger charge is 2.24. The summed E-state index contributed by atoms with van der Waals surface area (Å²) in [5.74, 6) is 1.47.